The van der Waals surface area contributed by atoms with E-state index in [9.17, 15) is 19.5 Å². The number of ether oxygens (including phenoxy) is 1. The second-order valence-corrected chi connectivity index (χ2v) is 10.2. The molecule has 4 rings (SSSR count). The smallest absolute Gasteiger partial charge is 0.303 e. The lowest BCUT2D eigenvalue weighted by molar-refractivity contribution is -0.186. The standard InChI is InChI=1S/C22H29ClO5/c1-12(25)28-22(11-24)9-6-15-17-14(5-8-21(15,22)3)20(2)7-4-13(26)10-16(20)18(23)19(17)27/h10-11,14-15,17-19,27H,4-9H2,1-3H3/t14?,15?,17?,18-,19?,20+,21-,22-/m0/s1. The van der Waals surface area contributed by atoms with E-state index >= 15 is 0 Å². The molecule has 154 valence electrons. The maximum Gasteiger partial charge on any atom is 0.303 e. The highest BCUT2D eigenvalue weighted by Crippen LogP contribution is 2.68. The molecule has 8 atom stereocenters. The van der Waals surface area contributed by atoms with Gasteiger partial charge in [-0.2, -0.15) is 0 Å². The van der Waals surface area contributed by atoms with Crippen molar-refractivity contribution in [2.45, 2.75) is 76.4 Å². The van der Waals surface area contributed by atoms with Crippen molar-refractivity contribution in [2.75, 3.05) is 0 Å². The fourth-order valence-electron chi connectivity index (χ4n) is 7.20. The average molecular weight is 409 g/mol. The largest absolute Gasteiger partial charge is 0.451 e. The molecule has 1 N–H and O–H groups in total. The second kappa shape index (κ2) is 6.40. The van der Waals surface area contributed by atoms with Gasteiger partial charge in [0.05, 0.1) is 11.5 Å². The Morgan fingerprint density at radius 2 is 1.93 bits per heavy atom. The number of halogens is 1. The Balaban J connectivity index is 1.76. The molecule has 0 bridgehead atoms. The van der Waals surface area contributed by atoms with Gasteiger partial charge in [0.2, 0.25) is 0 Å². The molecule has 0 amide bonds. The van der Waals surface area contributed by atoms with Gasteiger partial charge in [0.1, 0.15) is 0 Å². The zero-order chi connectivity index (χ0) is 20.5. The lowest BCUT2D eigenvalue weighted by atomic mass is 9.45. The Morgan fingerprint density at radius 3 is 2.57 bits per heavy atom. The summed E-state index contributed by atoms with van der Waals surface area (Å²) in [6.45, 7) is 5.56. The zero-order valence-corrected chi connectivity index (χ0v) is 17.5. The van der Waals surface area contributed by atoms with Crippen molar-refractivity contribution >= 4 is 29.6 Å². The second-order valence-electron chi connectivity index (χ2n) is 9.76. The van der Waals surface area contributed by atoms with Crippen LogP contribution in [0.2, 0.25) is 0 Å². The lowest BCUT2D eigenvalue weighted by Crippen LogP contribution is -2.62. The molecule has 28 heavy (non-hydrogen) atoms. The van der Waals surface area contributed by atoms with Crippen LogP contribution in [0, 0.1) is 28.6 Å². The van der Waals surface area contributed by atoms with Gasteiger partial charge in [0.25, 0.3) is 0 Å². The highest BCUT2D eigenvalue weighted by molar-refractivity contribution is 6.23. The van der Waals surface area contributed by atoms with Crippen LogP contribution in [0.1, 0.15) is 59.3 Å². The molecule has 5 nitrogen and oxygen atoms in total. The van der Waals surface area contributed by atoms with Crippen LogP contribution in [0.25, 0.3) is 0 Å². The number of hydrogen-bond acceptors (Lipinski definition) is 5. The molecular weight excluding hydrogens is 380 g/mol. The van der Waals surface area contributed by atoms with Crippen molar-refractivity contribution in [1.29, 1.82) is 0 Å². The molecule has 3 saturated carbocycles. The van der Waals surface area contributed by atoms with E-state index in [1.54, 1.807) is 6.08 Å². The first-order valence-corrected chi connectivity index (χ1v) is 10.8. The van der Waals surface area contributed by atoms with E-state index in [0.717, 1.165) is 37.5 Å². The lowest BCUT2D eigenvalue weighted by Gasteiger charge is -2.61. The maximum atomic E-state index is 12.1. The molecule has 6 heteroatoms. The van der Waals surface area contributed by atoms with Crippen LogP contribution in [-0.4, -0.2) is 40.2 Å². The number of ketones is 1. The number of alkyl halides is 1. The van der Waals surface area contributed by atoms with Gasteiger partial charge in [-0.25, -0.2) is 0 Å². The van der Waals surface area contributed by atoms with Gasteiger partial charge in [-0.15, -0.1) is 11.6 Å². The van der Waals surface area contributed by atoms with E-state index in [-0.39, 0.29) is 29.0 Å². The van der Waals surface area contributed by atoms with Crippen LogP contribution in [-0.2, 0) is 19.1 Å². The van der Waals surface area contributed by atoms with E-state index in [2.05, 4.69) is 6.92 Å². The Hall–Kier alpha value is -1.20. The molecule has 0 aromatic carbocycles. The monoisotopic (exact) mass is 408 g/mol. The Bertz CT molecular complexity index is 762. The van der Waals surface area contributed by atoms with E-state index in [1.807, 2.05) is 6.92 Å². The van der Waals surface area contributed by atoms with Crippen molar-refractivity contribution in [3.05, 3.63) is 11.6 Å². The van der Waals surface area contributed by atoms with Gasteiger partial charge in [0.15, 0.2) is 17.7 Å². The number of aliphatic hydroxyl groups is 1. The topological polar surface area (TPSA) is 80.7 Å². The van der Waals surface area contributed by atoms with Crippen LogP contribution in [0.5, 0.6) is 0 Å². The highest BCUT2D eigenvalue weighted by Gasteiger charge is 2.68. The number of carbonyl (C=O) groups is 3. The fourth-order valence-corrected chi connectivity index (χ4v) is 7.68. The summed E-state index contributed by atoms with van der Waals surface area (Å²) in [5.74, 6) is -0.189. The van der Waals surface area contributed by atoms with Crippen LogP contribution in [0.3, 0.4) is 0 Å². The quantitative estimate of drug-likeness (QED) is 0.431. The average Bonchev–Trinajstić information content (AvgIpc) is 2.93. The van der Waals surface area contributed by atoms with E-state index in [4.69, 9.17) is 16.3 Å². The predicted octanol–water partition coefficient (Wildman–Crippen LogP) is 3.21. The normalized spacial score (nSPS) is 50.1. The summed E-state index contributed by atoms with van der Waals surface area (Å²) < 4.78 is 5.63. The number of carbonyl (C=O) groups excluding carboxylic acids is 3. The minimum absolute atomic E-state index is 0.0445. The summed E-state index contributed by atoms with van der Waals surface area (Å²) in [6, 6.07) is 0. The van der Waals surface area contributed by atoms with Crippen LogP contribution < -0.4 is 0 Å². The predicted molar refractivity (Wildman–Crippen MR) is 104 cm³/mol. The fraction of sp³-hybridized carbons (Fsp3) is 0.773. The number of rotatable bonds is 2. The number of aliphatic hydroxyl groups excluding tert-OH is 1. The third-order valence-corrected chi connectivity index (χ3v) is 9.20. The first-order chi connectivity index (χ1) is 13.1. The molecule has 4 aliphatic carbocycles. The molecule has 0 saturated heterocycles. The van der Waals surface area contributed by atoms with Gasteiger partial charge < -0.3 is 9.84 Å². The minimum atomic E-state index is -1.13. The third-order valence-electron chi connectivity index (χ3n) is 8.71. The molecule has 4 unspecified atom stereocenters. The number of fused-ring (bicyclic) bond motifs is 5. The minimum Gasteiger partial charge on any atom is -0.451 e. The third kappa shape index (κ3) is 2.44. The van der Waals surface area contributed by atoms with Crippen molar-refractivity contribution < 1.29 is 24.2 Å². The van der Waals surface area contributed by atoms with Gasteiger partial charge in [-0.05, 0) is 66.9 Å². The molecule has 0 aliphatic heterocycles. The van der Waals surface area contributed by atoms with Crippen molar-refractivity contribution in [3.63, 3.8) is 0 Å². The van der Waals surface area contributed by atoms with E-state index in [1.165, 1.54) is 6.92 Å². The van der Waals surface area contributed by atoms with E-state index in [0.29, 0.717) is 12.8 Å². The Kier molecular flexibility index (Phi) is 4.59. The first kappa shape index (κ1) is 20.1. The summed E-state index contributed by atoms with van der Waals surface area (Å²) in [5.41, 5.74) is -0.974. The number of esters is 1. The first-order valence-electron chi connectivity index (χ1n) is 10.3. The molecule has 0 aromatic rings. The Labute approximate surface area is 170 Å². The van der Waals surface area contributed by atoms with Gasteiger partial charge in [0, 0.05) is 18.8 Å². The van der Waals surface area contributed by atoms with Crippen molar-refractivity contribution in [1.82, 2.24) is 0 Å². The van der Waals surface area contributed by atoms with Crippen LogP contribution in [0.4, 0.5) is 0 Å². The van der Waals surface area contributed by atoms with Gasteiger partial charge in [-0.3, -0.25) is 14.4 Å². The molecule has 0 heterocycles. The van der Waals surface area contributed by atoms with Crippen molar-refractivity contribution in [2.24, 2.45) is 28.6 Å². The number of hydrogen-bond donors (Lipinski definition) is 1. The van der Waals surface area contributed by atoms with E-state index < -0.39 is 28.5 Å². The molecule has 3 fully saturated rings. The highest BCUT2D eigenvalue weighted by atomic mass is 35.5. The van der Waals surface area contributed by atoms with Crippen molar-refractivity contribution in [3.8, 4) is 0 Å². The summed E-state index contributed by atoms with van der Waals surface area (Å²) in [7, 11) is 0. The molecule has 4 aliphatic rings. The molecule has 0 spiro atoms. The van der Waals surface area contributed by atoms with Gasteiger partial charge in [-0.1, -0.05) is 13.8 Å². The summed E-state index contributed by atoms with van der Waals surface area (Å²) in [5, 5.41) is 10.6. The summed E-state index contributed by atoms with van der Waals surface area (Å²) in [6.07, 6.45) is 5.74. The summed E-state index contributed by atoms with van der Waals surface area (Å²) in [4.78, 5) is 35.9. The van der Waals surface area contributed by atoms with Crippen LogP contribution in [0.15, 0.2) is 11.6 Å². The Morgan fingerprint density at radius 1 is 1.25 bits per heavy atom. The summed E-state index contributed by atoms with van der Waals surface area (Å²) >= 11 is 6.72. The maximum absolute atomic E-state index is 12.1. The molecule has 0 aromatic heterocycles. The van der Waals surface area contributed by atoms with Crippen LogP contribution >= 0.6 is 11.6 Å². The van der Waals surface area contributed by atoms with Gasteiger partial charge >= 0.3 is 5.97 Å². The molecule has 0 radical (unpaired) electrons. The molecular formula is C22H29ClO5. The SMILES string of the molecule is CC(=O)O[C@]1(C=O)CCC2C3C(O)[C@@H](Cl)C4=CC(=O)CC[C@]4(C)C3CC[C@@]21C. The number of aldehydes is 1. The zero-order valence-electron chi connectivity index (χ0n) is 16.7.